The lowest BCUT2D eigenvalue weighted by Crippen LogP contribution is -2.29. The van der Waals surface area contributed by atoms with Crippen LogP contribution in [0.5, 0.6) is 5.75 Å². The van der Waals surface area contributed by atoms with Crippen molar-refractivity contribution in [2.24, 2.45) is 0 Å². The van der Waals surface area contributed by atoms with Crippen LogP contribution in [0.25, 0.3) is 0 Å². The van der Waals surface area contributed by atoms with E-state index in [0.29, 0.717) is 17.3 Å². The molecule has 0 aliphatic carbocycles. The van der Waals surface area contributed by atoms with Crippen LogP contribution in [-0.4, -0.2) is 20.7 Å². The highest BCUT2D eigenvalue weighted by Gasteiger charge is 2.29. The molecule has 2 aromatic carbocycles. The normalized spacial score (nSPS) is 15.7. The Balaban J connectivity index is 1.64. The minimum absolute atomic E-state index is 0.111. The summed E-state index contributed by atoms with van der Waals surface area (Å²) in [7, 11) is 0. The zero-order valence-electron chi connectivity index (χ0n) is 13.8. The monoisotopic (exact) mass is 345 g/mol. The summed E-state index contributed by atoms with van der Waals surface area (Å²) in [5, 5.41) is 16.2. The molecule has 128 valence electrons. The van der Waals surface area contributed by atoms with Crippen LogP contribution in [0.3, 0.4) is 0 Å². The van der Waals surface area contributed by atoms with Crippen molar-refractivity contribution in [1.82, 2.24) is 14.8 Å². The molecule has 0 fully saturated rings. The van der Waals surface area contributed by atoms with Crippen molar-refractivity contribution in [3.05, 3.63) is 71.5 Å². The maximum atomic E-state index is 12.0. The summed E-state index contributed by atoms with van der Waals surface area (Å²) in [6, 6.07) is 16.7. The van der Waals surface area contributed by atoms with Crippen LogP contribution >= 0.6 is 0 Å². The van der Waals surface area contributed by atoms with Crippen LogP contribution in [0.4, 0.5) is 5.95 Å². The number of carbonyl (C=O) groups is 1. The van der Waals surface area contributed by atoms with Crippen LogP contribution in [0.1, 0.15) is 29.2 Å². The van der Waals surface area contributed by atoms with Crippen molar-refractivity contribution >= 4 is 11.9 Å². The number of para-hydroxylation sites is 1. The molecule has 1 amide bonds. The van der Waals surface area contributed by atoms with Gasteiger partial charge < -0.3 is 4.74 Å². The summed E-state index contributed by atoms with van der Waals surface area (Å²) >= 11 is 0. The van der Waals surface area contributed by atoms with Gasteiger partial charge in [-0.05, 0) is 12.1 Å². The Morgan fingerprint density at radius 3 is 2.92 bits per heavy atom. The minimum Gasteiger partial charge on any atom is -0.488 e. The van der Waals surface area contributed by atoms with Crippen molar-refractivity contribution in [3.63, 3.8) is 0 Å². The van der Waals surface area contributed by atoms with Gasteiger partial charge in [0.2, 0.25) is 11.9 Å². The van der Waals surface area contributed by atoms with Gasteiger partial charge in [0.05, 0.1) is 24.1 Å². The Morgan fingerprint density at radius 2 is 2.04 bits per heavy atom. The van der Waals surface area contributed by atoms with E-state index in [1.807, 2.05) is 42.5 Å². The van der Waals surface area contributed by atoms with Gasteiger partial charge in [0, 0.05) is 11.1 Å². The number of aromatic nitrogens is 3. The molecule has 0 saturated carbocycles. The number of anilines is 1. The second-order valence-electron chi connectivity index (χ2n) is 5.89. The summed E-state index contributed by atoms with van der Waals surface area (Å²) in [6.07, 6.45) is 1.67. The zero-order chi connectivity index (χ0) is 17.9. The molecule has 1 atom stereocenters. The fourth-order valence-corrected chi connectivity index (χ4v) is 3.05. The molecule has 7 nitrogen and oxygen atoms in total. The molecule has 1 N–H and O–H groups in total. The van der Waals surface area contributed by atoms with Gasteiger partial charge in [-0.15, -0.1) is 0 Å². The van der Waals surface area contributed by atoms with Crippen molar-refractivity contribution < 1.29 is 9.53 Å². The highest BCUT2D eigenvalue weighted by atomic mass is 16.5. The predicted octanol–water partition coefficient (Wildman–Crippen LogP) is 2.66. The SMILES string of the molecule is N#Cc1ccccc1COc1ccccc1C1CC(=O)Nc2ncnn21. The molecular weight excluding hydrogens is 330 g/mol. The van der Waals surface area contributed by atoms with E-state index in [4.69, 9.17) is 4.74 Å². The van der Waals surface area contributed by atoms with Crippen molar-refractivity contribution in [1.29, 1.82) is 5.26 Å². The second-order valence-corrected chi connectivity index (χ2v) is 5.89. The predicted molar refractivity (Wildman–Crippen MR) is 93.3 cm³/mol. The molecule has 0 spiro atoms. The van der Waals surface area contributed by atoms with E-state index in [0.717, 1.165) is 11.1 Å². The third-order valence-electron chi connectivity index (χ3n) is 4.30. The van der Waals surface area contributed by atoms with Gasteiger partial charge in [-0.1, -0.05) is 36.4 Å². The van der Waals surface area contributed by atoms with Gasteiger partial charge in [-0.25, -0.2) is 4.68 Å². The topological polar surface area (TPSA) is 92.8 Å². The van der Waals surface area contributed by atoms with Crippen molar-refractivity contribution in [2.45, 2.75) is 19.1 Å². The molecule has 1 aliphatic heterocycles. The average Bonchev–Trinajstić information content (AvgIpc) is 3.14. The largest absolute Gasteiger partial charge is 0.488 e. The molecular formula is C19H15N5O2. The van der Waals surface area contributed by atoms with E-state index in [9.17, 15) is 10.1 Å². The third-order valence-corrected chi connectivity index (χ3v) is 4.30. The van der Waals surface area contributed by atoms with Crippen LogP contribution in [0, 0.1) is 11.3 Å². The fraction of sp³-hybridized carbons (Fsp3) is 0.158. The van der Waals surface area contributed by atoms with E-state index < -0.39 is 0 Å². The number of hydrogen-bond donors (Lipinski definition) is 1. The van der Waals surface area contributed by atoms with Gasteiger partial charge >= 0.3 is 0 Å². The first-order valence-corrected chi connectivity index (χ1v) is 8.15. The Bertz CT molecular complexity index is 1000. The number of nitriles is 1. The van der Waals surface area contributed by atoms with Crippen molar-refractivity contribution in [3.8, 4) is 11.8 Å². The van der Waals surface area contributed by atoms with E-state index in [-0.39, 0.29) is 25.0 Å². The molecule has 1 aromatic heterocycles. The Morgan fingerprint density at radius 1 is 1.23 bits per heavy atom. The number of benzene rings is 2. The molecule has 0 bridgehead atoms. The summed E-state index contributed by atoms with van der Waals surface area (Å²) < 4.78 is 7.69. The summed E-state index contributed by atoms with van der Waals surface area (Å²) in [6.45, 7) is 0.268. The standard InChI is InChI=1S/C19H15N5O2/c20-10-13-5-1-2-6-14(13)11-26-17-8-4-3-7-15(17)16-9-18(25)23-19-21-12-22-24(16)19/h1-8,12,16H,9,11H2,(H,21,22,23,25). The lowest BCUT2D eigenvalue weighted by Gasteiger charge is -2.25. The van der Waals surface area contributed by atoms with Crippen LogP contribution in [0.2, 0.25) is 0 Å². The number of nitrogens with one attached hydrogen (secondary N) is 1. The molecule has 4 rings (SSSR count). The molecule has 0 radical (unpaired) electrons. The molecule has 1 aliphatic rings. The molecule has 26 heavy (non-hydrogen) atoms. The third kappa shape index (κ3) is 2.89. The summed E-state index contributed by atoms with van der Waals surface area (Å²) in [4.78, 5) is 16.1. The number of rotatable bonds is 4. The molecule has 2 heterocycles. The highest BCUT2D eigenvalue weighted by Crippen LogP contribution is 2.34. The number of hydrogen-bond acceptors (Lipinski definition) is 5. The van der Waals surface area contributed by atoms with Gasteiger partial charge in [-0.3, -0.25) is 10.1 Å². The molecule has 7 heteroatoms. The number of nitrogens with zero attached hydrogens (tertiary/aromatic N) is 4. The maximum absolute atomic E-state index is 12.0. The lowest BCUT2D eigenvalue weighted by atomic mass is 10.0. The molecule has 1 unspecified atom stereocenters. The van der Waals surface area contributed by atoms with Crippen LogP contribution < -0.4 is 10.1 Å². The van der Waals surface area contributed by atoms with Crippen molar-refractivity contribution in [2.75, 3.05) is 5.32 Å². The maximum Gasteiger partial charge on any atom is 0.229 e. The van der Waals surface area contributed by atoms with E-state index >= 15 is 0 Å². The van der Waals surface area contributed by atoms with E-state index in [1.54, 1.807) is 10.7 Å². The lowest BCUT2D eigenvalue weighted by molar-refractivity contribution is -0.117. The number of fused-ring (bicyclic) bond motifs is 1. The Labute approximate surface area is 149 Å². The van der Waals surface area contributed by atoms with Gasteiger partial charge in [0.15, 0.2) is 0 Å². The Kier molecular flexibility index (Phi) is 4.07. The van der Waals surface area contributed by atoms with Crippen LogP contribution in [-0.2, 0) is 11.4 Å². The van der Waals surface area contributed by atoms with E-state index in [1.165, 1.54) is 6.33 Å². The Hall–Kier alpha value is -3.66. The number of amides is 1. The first-order valence-electron chi connectivity index (χ1n) is 8.15. The van der Waals surface area contributed by atoms with Gasteiger partial charge in [0.25, 0.3) is 0 Å². The smallest absolute Gasteiger partial charge is 0.229 e. The van der Waals surface area contributed by atoms with Crippen LogP contribution in [0.15, 0.2) is 54.9 Å². The summed E-state index contributed by atoms with van der Waals surface area (Å²) in [5.74, 6) is 0.970. The quantitative estimate of drug-likeness (QED) is 0.785. The average molecular weight is 345 g/mol. The molecule has 0 saturated heterocycles. The second kappa shape index (κ2) is 6.69. The van der Waals surface area contributed by atoms with E-state index in [2.05, 4.69) is 21.5 Å². The fourth-order valence-electron chi connectivity index (χ4n) is 3.05. The van der Waals surface area contributed by atoms with Gasteiger partial charge in [0.1, 0.15) is 18.7 Å². The highest BCUT2D eigenvalue weighted by molar-refractivity contribution is 5.91. The minimum atomic E-state index is -0.288. The first kappa shape index (κ1) is 15.8. The first-order chi connectivity index (χ1) is 12.8. The summed E-state index contributed by atoms with van der Waals surface area (Å²) in [5.41, 5.74) is 2.25. The van der Waals surface area contributed by atoms with Gasteiger partial charge in [-0.2, -0.15) is 15.3 Å². The number of carbonyl (C=O) groups excluding carboxylic acids is 1. The molecule has 3 aromatic rings. The number of ether oxygens (including phenoxy) is 1. The zero-order valence-corrected chi connectivity index (χ0v) is 13.8.